The summed E-state index contributed by atoms with van der Waals surface area (Å²) in [7, 11) is 0. The van der Waals surface area contributed by atoms with Gasteiger partial charge in [0.2, 0.25) is 5.06 Å². The fourth-order valence-corrected chi connectivity index (χ4v) is 1.90. The summed E-state index contributed by atoms with van der Waals surface area (Å²) >= 11 is 1.07. The maximum Gasteiger partial charge on any atom is 0.267 e. The van der Waals surface area contributed by atoms with Crippen LogP contribution in [0.3, 0.4) is 0 Å². The van der Waals surface area contributed by atoms with Crippen LogP contribution in [0.25, 0.3) is 10.6 Å². The average Bonchev–Trinajstić information content (AvgIpc) is 2.47. The molecule has 1 aromatic carbocycles. The molecule has 0 aliphatic carbocycles. The van der Waals surface area contributed by atoms with Crippen LogP contribution in [-0.4, -0.2) is 15.2 Å². The first kappa shape index (κ1) is 9.02. The second kappa shape index (κ2) is 3.31. The van der Waals surface area contributed by atoms with Crippen LogP contribution >= 0.6 is 11.3 Å². The number of aromatic hydroxyl groups is 2. The number of rotatable bonds is 1. The number of nitrogens with zero attached hydrogens (tertiary/aromatic N) is 1. The van der Waals surface area contributed by atoms with Crippen molar-refractivity contribution in [3.05, 3.63) is 29.8 Å². The van der Waals surface area contributed by atoms with E-state index in [4.69, 9.17) is 5.11 Å². The van der Waals surface area contributed by atoms with E-state index in [1.165, 1.54) is 0 Å². The second-order valence-electron chi connectivity index (χ2n) is 3.02. The highest BCUT2D eigenvalue weighted by Gasteiger charge is 2.09. The van der Waals surface area contributed by atoms with Gasteiger partial charge in [0.25, 0.3) is 5.88 Å². The van der Waals surface area contributed by atoms with Gasteiger partial charge in [0, 0.05) is 5.56 Å². The molecule has 1 heterocycles. The van der Waals surface area contributed by atoms with Crippen LogP contribution in [-0.2, 0) is 0 Å². The SMILES string of the molecule is Cc1cccc(-c2nc(O)c(O)s2)c1. The Bertz CT molecular complexity index is 445. The van der Waals surface area contributed by atoms with E-state index in [-0.39, 0.29) is 10.9 Å². The molecule has 0 aliphatic rings. The molecule has 0 unspecified atom stereocenters. The molecule has 0 saturated heterocycles. The standard InChI is InChI=1S/C10H9NO2S/c1-6-3-2-4-7(5-6)9-11-8(12)10(13)14-9/h2-5,12-13H,1H3. The van der Waals surface area contributed by atoms with Crippen LogP contribution in [0.5, 0.6) is 10.9 Å². The fraction of sp³-hybridized carbons (Fsp3) is 0.100. The van der Waals surface area contributed by atoms with Gasteiger partial charge >= 0.3 is 0 Å². The summed E-state index contributed by atoms with van der Waals surface area (Å²) in [5, 5.41) is 18.8. The summed E-state index contributed by atoms with van der Waals surface area (Å²) in [6.07, 6.45) is 0. The van der Waals surface area contributed by atoms with Gasteiger partial charge in [0.05, 0.1) is 0 Å². The van der Waals surface area contributed by atoms with Crippen LogP contribution in [0.4, 0.5) is 0 Å². The molecule has 4 heteroatoms. The molecule has 2 N–H and O–H groups in total. The molecule has 3 nitrogen and oxygen atoms in total. The third-order valence-electron chi connectivity index (χ3n) is 1.86. The molecule has 0 radical (unpaired) electrons. The van der Waals surface area contributed by atoms with Crippen molar-refractivity contribution in [1.29, 1.82) is 0 Å². The minimum Gasteiger partial charge on any atom is -0.496 e. The molecule has 0 bridgehead atoms. The summed E-state index contributed by atoms with van der Waals surface area (Å²) in [5.41, 5.74) is 2.03. The summed E-state index contributed by atoms with van der Waals surface area (Å²) < 4.78 is 0. The first-order chi connectivity index (χ1) is 6.66. The zero-order valence-corrected chi connectivity index (χ0v) is 8.38. The summed E-state index contributed by atoms with van der Waals surface area (Å²) in [6.45, 7) is 1.98. The lowest BCUT2D eigenvalue weighted by Crippen LogP contribution is -1.76. The molecule has 72 valence electrons. The lowest BCUT2D eigenvalue weighted by atomic mass is 10.1. The van der Waals surface area contributed by atoms with E-state index in [1.807, 2.05) is 31.2 Å². The minimum atomic E-state index is -0.300. The van der Waals surface area contributed by atoms with Crippen LogP contribution < -0.4 is 0 Å². The molecular weight excluding hydrogens is 198 g/mol. The number of hydrogen-bond acceptors (Lipinski definition) is 4. The zero-order valence-electron chi connectivity index (χ0n) is 7.56. The van der Waals surface area contributed by atoms with E-state index in [0.717, 1.165) is 22.5 Å². The van der Waals surface area contributed by atoms with Gasteiger partial charge in [-0.3, -0.25) is 0 Å². The van der Waals surface area contributed by atoms with Gasteiger partial charge < -0.3 is 10.2 Å². The molecule has 0 aliphatic heterocycles. The molecule has 14 heavy (non-hydrogen) atoms. The maximum atomic E-state index is 9.18. The molecule has 0 amide bonds. The van der Waals surface area contributed by atoms with Gasteiger partial charge in [-0.15, -0.1) is 0 Å². The number of benzene rings is 1. The van der Waals surface area contributed by atoms with E-state index >= 15 is 0 Å². The van der Waals surface area contributed by atoms with Crippen molar-refractivity contribution in [3.8, 4) is 21.5 Å². The van der Waals surface area contributed by atoms with Gasteiger partial charge in [-0.2, -0.15) is 4.98 Å². The Morgan fingerprint density at radius 2 is 2.07 bits per heavy atom. The molecular formula is C10H9NO2S. The largest absolute Gasteiger partial charge is 0.496 e. The van der Waals surface area contributed by atoms with Crippen molar-refractivity contribution >= 4 is 11.3 Å². The Hall–Kier alpha value is -1.55. The first-order valence-corrected chi connectivity index (χ1v) is 4.94. The Balaban J connectivity index is 2.49. The fourth-order valence-electron chi connectivity index (χ4n) is 1.21. The molecule has 2 aromatic rings. The smallest absolute Gasteiger partial charge is 0.267 e. The van der Waals surface area contributed by atoms with Crippen LogP contribution in [0, 0.1) is 6.92 Å². The van der Waals surface area contributed by atoms with Crippen molar-refractivity contribution in [3.63, 3.8) is 0 Å². The van der Waals surface area contributed by atoms with Gasteiger partial charge in [0.15, 0.2) is 0 Å². The molecule has 0 fully saturated rings. The normalized spacial score (nSPS) is 10.4. The molecule has 0 saturated carbocycles. The minimum absolute atomic E-state index is 0.137. The zero-order chi connectivity index (χ0) is 10.1. The Morgan fingerprint density at radius 3 is 2.64 bits per heavy atom. The quantitative estimate of drug-likeness (QED) is 0.755. The summed E-state index contributed by atoms with van der Waals surface area (Å²) in [5.74, 6) is -0.300. The molecule has 0 atom stereocenters. The van der Waals surface area contributed by atoms with Gasteiger partial charge in [-0.1, -0.05) is 35.1 Å². The number of thiazole rings is 1. The van der Waals surface area contributed by atoms with Crippen molar-refractivity contribution in [2.45, 2.75) is 6.92 Å². The van der Waals surface area contributed by atoms with Gasteiger partial charge in [-0.05, 0) is 13.0 Å². The number of aromatic nitrogens is 1. The maximum absolute atomic E-state index is 9.18. The molecule has 2 rings (SSSR count). The molecule has 0 spiro atoms. The van der Waals surface area contributed by atoms with Crippen LogP contribution in [0.15, 0.2) is 24.3 Å². The van der Waals surface area contributed by atoms with E-state index < -0.39 is 0 Å². The van der Waals surface area contributed by atoms with Crippen molar-refractivity contribution < 1.29 is 10.2 Å². The monoisotopic (exact) mass is 207 g/mol. The highest BCUT2D eigenvalue weighted by Crippen LogP contribution is 2.36. The van der Waals surface area contributed by atoms with E-state index in [2.05, 4.69) is 4.98 Å². The third-order valence-corrected chi connectivity index (χ3v) is 2.75. The third kappa shape index (κ3) is 1.56. The highest BCUT2D eigenvalue weighted by atomic mass is 32.1. The Morgan fingerprint density at radius 1 is 1.29 bits per heavy atom. The highest BCUT2D eigenvalue weighted by molar-refractivity contribution is 7.17. The van der Waals surface area contributed by atoms with Crippen LogP contribution in [0.2, 0.25) is 0 Å². The van der Waals surface area contributed by atoms with Gasteiger partial charge in [0.1, 0.15) is 5.01 Å². The lowest BCUT2D eigenvalue weighted by molar-refractivity contribution is 0.402. The van der Waals surface area contributed by atoms with Crippen molar-refractivity contribution in [1.82, 2.24) is 4.98 Å². The predicted octanol–water partition coefficient (Wildman–Crippen LogP) is 2.53. The molecule has 1 aromatic heterocycles. The predicted molar refractivity (Wildman–Crippen MR) is 55.6 cm³/mol. The number of hydrogen-bond donors (Lipinski definition) is 2. The average molecular weight is 207 g/mol. The van der Waals surface area contributed by atoms with Gasteiger partial charge in [-0.25, -0.2) is 0 Å². The van der Waals surface area contributed by atoms with Crippen molar-refractivity contribution in [2.24, 2.45) is 0 Å². The first-order valence-electron chi connectivity index (χ1n) is 4.12. The van der Waals surface area contributed by atoms with E-state index in [9.17, 15) is 5.11 Å². The van der Waals surface area contributed by atoms with E-state index in [0.29, 0.717) is 5.01 Å². The second-order valence-corrected chi connectivity index (χ2v) is 3.99. The van der Waals surface area contributed by atoms with Crippen molar-refractivity contribution in [2.75, 3.05) is 0 Å². The lowest BCUT2D eigenvalue weighted by Gasteiger charge is -1.96. The van der Waals surface area contributed by atoms with E-state index in [1.54, 1.807) is 0 Å². The topological polar surface area (TPSA) is 53.4 Å². The number of aryl methyl sites for hydroxylation is 1. The van der Waals surface area contributed by atoms with Crippen LogP contribution in [0.1, 0.15) is 5.56 Å². The Kier molecular flexibility index (Phi) is 2.13. The Labute approximate surface area is 85.3 Å². The summed E-state index contributed by atoms with van der Waals surface area (Å²) in [4.78, 5) is 3.85. The summed E-state index contributed by atoms with van der Waals surface area (Å²) in [6, 6.07) is 7.75.